The Morgan fingerprint density at radius 2 is 2.12 bits per heavy atom. The molecule has 0 N–H and O–H groups in total. The number of carbonyl (C=O) groups is 1. The summed E-state index contributed by atoms with van der Waals surface area (Å²) in [6, 6.07) is 11.5. The van der Waals surface area contributed by atoms with Crippen molar-refractivity contribution in [1.82, 2.24) is 4.98 Å². The maximum atomic E-state index is 11.4. The topological polar surface area (TPSA) is 61.6 Å². The molecule has 3 rings (SSSR count). The van der Waals surface area contributed by atoms with E-state index < -0.39 is 0 Å². The molecule has 1 atom stereocenters. The van der Waals surface area contributed by atoms with Gasteiger partial charge in [-0.15, -0.1) is 0 Å². The van der Waals surface area contributed by atoms with Gasteiger partial charge in [-0.25, -0.2) is 4.79 Å². The van der Waals surface area contributed by atoms with Gasteiger partial charge in [-0.3, -0.25) is 4.98 Å². The average molecular weight is 351 g/mol. The molecule has 26 heavy (non-hydrogen) atoms. The van der Waals surface area contributed by atoms with Crippen molar-refractivity contribution < 1.29 is 18.7 Å². The standard InChI is InChI=1S/C21H21NO4/c1-14(2)21(23)25-13-15(3)12-24-18-7-6-16-9-19(26-20(16)10-18)17-5-4-8-22-11-17/h4-11,15H,1,12-13H2,2-3H3. The summed E-state index contributed by atoms with van der Waals surface area (Å²) in [7, 11) is 0. The second-order valence-electron chi connectivity index (χ2n) is 6.35. The molecule has 0 fully saturated rings. The minimum Gasteiger partial charge on any atom is -0.493 e. The average Bonchev–Trinajstić information content (AvgIpc) is 3.08. The van der Waals surface area contributed by atoms with Gasteiger partial charge in [-0.2, -0.15) is 0 Å². The van der Waals surface area contributed by atoms with E-state index in [9.17, 15) is 4.79 Å². The van der Waals surface area contributed by atoms with Gasteiger partial charge in [0.25, 0.3) is 0 Å². The highest BCUT2D eigenvalue weighted by Gasteiger charge is 2.11. The Morgan fingerprint density at radius 1 is 1.27 bits per heavy atom. The van der Waals surface area contributed by atoms with Crippen LogP contribution in [0.4, 0.5) is 0 Å². The molecule has 5 heteroatoms. The van der Waals surface area contributed by atoms with Crippen LogP contribution < -0.4 is 4.74 Å². The summed E-state index contributed by atoms with van der Waals surface area (Å²) in [4.78, 5) is 15.5. The van der Waals surface area contributed by atoms with E-state index in [0.29, 0.717) is 24.5 Å². The van der Waals surface area contributed by atoms with Crippen LogP contribution in [0.5, 0.6) is 5.75 Å². The Balaban J connectivity index is 1.62. The number of aromatic nitrogens is 1. The molecule has 0 amide bonds. The van der Waals surface area contributed by atoms with E-state index in [4.69, 9.17) is 13.9 Å². The number of benzene rings is 1. The maximum Gasteiger partial charge on any atom is 0.333 e. The quantitative estimate of drug-likeness (QED) is 0.459. The van der Waals surface area contributed by atoms with Crippen LogP contribution in [0.1, 0.15) is 13.8 Å². The first-order valence-corrected chi connectivity index (χ1v) is 8.42. The van der Waals surface area contributed by atoms with E-state index in [2.05, 4.69) is 11.6 Å². The molecule has 0 saturated heterocycles. The lowest BCUT2D eigenvalue weighted by Gasteiger charge is -2.13. The number of hydrogen-bond donors (Lipinski definition) is 0. The van der Waals surface area contributed by atoms with Crippen LogP contribution in [0.15, 0.2) is 65.4 Å². The zero-order valence-electron chi connectivity index (χ0n) is 14.9. The van der Waals surface area contributed by atoms with E-state index in [0.717, 1.165) is 22.3 Å². The molecule has 0 spiro atoms. The van der Waals surface area contributed by atoms with Crippen molar-refractivity contribution in [1.29, 1.82) is 0 Å². The second-order valence-corrected chi connectivity index (χ2v) is 6.35. The van der Waals surface area contributed by atoms with E-state index in [-0.39, 0.29) is 11.9 Å². The molecule has 0 saturated carbocycles. The molecule has 0 radical (unpaired) electrons. The predicted molar refractivity (Wildman–Crippen MR) is 99.9 cm³/mol. The normalized spacial score (nSPS) is 11.9. The van der Waals surface area contributed by atoms with Gasteiger partial charge in [-0.05, 0) is 37.3 Å². The highest BCUT2D eigenvalue weighted by molar-refractivity contribution is 5.87. The molecular weight excluding hydrogens is 330 g/mol. The smallest absolute Gasteiger partial charge is 0.333 e. The summed E-state index contributed by atoms with van der Waals surface area (Å²) in [5, 5.41) is 1.000. The van der Waals surface area contributed by atoms with Crippen LogP contribution >= 0.6 is 0 Å². The number of carbonyl (C=O) groups excluding carboxylic acids is 1. The van der Waals surface area contributed by atoms with Gasteiger partial charge in [0.05, 0.1) is 13.2 Å². The van der Waals surface area contributed by atoms with Gasteiger partial charge in [-0.1, -0.05) is 13.5 Å². The Bertz CT molecular complexity index is 914. The molecule has 0 aliphatic carbocycles. The zero-order chi connectivity index (χ0) is 18.5. The Hall–Kier alpha value is -3.08. The lowest BCUT2D eigenvalue weighted by Crippen LogP contribution is -2.18. The Kier molecular flexibility index (Phi) is 5.37. The monoisotopic (exact) mass is 351 g/mol. The van der Waals surface area contributed by atoms with Crippen LogP contribution in [0, 0.1) is 5.92 Å². The predicted octanol–water partition coefficient (Wildman–Crippen LogP) is 4.63. The van der Waals surface area contributed by atoms with Crippen LogP contribution in [0.25, 0.3) is 22.3 Å². The minimum atomic E-state index is -0.378. The number of furan rings is 1. The van der Waals surface area contributed by atoms with Crippen molar-refractivity contribution in [3.05, 3.63) is 60.9 Å². The fourth-order valence-electron chi connectivity index (χ4n) is 2.38. The molecule has 3 aromatic rings. The fourth-order valence-corrected chi connectivity index (χ4v) is 2.38. The number of esters is 1. The summed E-state index contributed by atoms with van der Waals surface area (Å²) < 4.78 is 16.8. The van der Waals surface area contributed by atoms with Crippen molar-refractivity contribution in [2.24, 2.45) is 5.92 Å². The van der Waals surface area contributed by atoms with Gasteiger partial charge in [0, 0.05) is 40.9 Å². The second kappa shape index (κ2) is 7.87. The van der Waals surface area contributed by atoms with Gasteiger partial charge < -0.3 is 13.9 Å². The number of fused-ring (bicyclic) bond motifs is 1. The van der Waals surface area contributed by atoms with Gasteiger partial charge >= 0.3 is 5.97 Å². The number of rotatable bonds is 7. The van der Waals surface area contributed by atoms with Gasteiger partial charge in [0.2, 0.25) is 0 Å². The van der Waals surface area contributed by atoms with Crippen LogP contribution in [0.2, 0.25) is 0 Å². The molecule has 1 aromatic carbocycles. The van der Waals surface area contributed by atoms with E-state index in [1.54, 1.807) is 19.3 Å². The number of nitrogens with zero attached hydrogens (tertiary/aromatic N) is 1. The lowest BCUT2D eigenvalue weighted by atomic mass is 10.2. The fraction of sp³-hybridized carbons (Fsp3) is 0.238. The summed E-state index contributed by atoms with van der Waals surface area (Å²) in [5.74, 6) is 1.17. The number of hydrogen-bond acceptors (Lipinski definition) is 5. The molecule has 0 aliphatic heterocycles. The summed E-state index contributed by atoms with van der Waals surface area (Å²) in [6.45, 7) is 7.87. The lowest BCUT2D eigenvalue weighted by molar-refractivity contribution is -0.140. The number of ether oxygens (including phenoxy) is 2. The summed E-state index contributed by atoms with van der Waals surface area (Å²) >= 11 is 0. The highest BCUT2D eigenvalue weighted by Crippen LogP contribution is 2.29. The molecule has 5 nitrogen and oxygen atoms in total. The molecule has 0 bridgehead atoms. The first-order chi connectivity index (χ1) is 12.5. The van der Waals surface area contributed by atoms with E-state index in [1.807, 2.05) is 43.3 Å². The van der Waals surface area contributed by atoms with Crippen molar-refractivity contribution in [2.45, 2.75) is 13.8 Å². The molecule has 134 valence electrons. The third kappa shape index (κ3) is 4.30. The first-order valence-electron chi connectivity index (χ1n) is 8.42. The largest absolute Gasteiger partial charge is 0.493 e. The van der Waals surface area contributed by atoms with Crippen LogP contribution in [0.3, 0.4) is 0 Å². The summed E-state index contributed by atoms with van der Waals surface area (Å²) in [6.07, 6.45) is 3.50. The van der Waals surface area contributed by atoms with E-state index >= 15 is 0 Å². The minimum absolute atomic E-state index is 0.0663. The van der Waals surface area contributed by atoms with Crippen LogP contribution in [-0.2, 0) is 9.53 Å². The Labute approximate surface area is 152 Å². The molecular formula is C21H21NO4. The van der Waals surface area contributed by atoms with Crippen molar-refractivity contribution >= 4 is 16.9 Å². The van der Waals surface area contributed by atoms with Gasteiger partial charge in [0.1, 0.15) is 17.1 Å². The molecule has 1 unspecified atom stereocenters. The maximum absolute atomic E-state index is 11.4. The zero-order valence-corrected chi connectivity index (χ0v) is 14.9. The third-order valence-electron chi connectivity index (χ3n) is 3.82. The molecule has 0 aliphatic rings. The highest BCUT2D eigenvalue weighted by atomic mass is 16.5. The van der Waals surface area contributed by atoms with Crippen LogP contribution in [-0.4, -0.2) is 24.2 Å². The van der Waals surface area contributed by atoms with E-state index in [1.165, 1.54) is 0 Å². The molecule has 2 aromatic heterocycles. The SMILES string of the molecule is C=C(C)C(=O)OCC(C)COc1ccc2cc(-c3cccnc3)oc2c1. The molecule has 2 heterocycles. The third-order valence-corrected chi connectivity index (χ3v) is 3.82. The van der Waals surface area contributed by atoms with Crippen molar-refractivity contribution in [3.8, 4) is 17.1 Å². The van der Waals surface area contributed by atoms with Gasteiger partial charge in [0.15, 0.2) is 0 Å². The van der Waals surface area contributed by atoms with Crippen molar-refractivity contribution in [3.63, 3.8) is 0 Å². The number of pyridine rings is 1. The first kappa shape index (κ1) is 17.7. The Morgan fingerprint density at radius 3 is 2.85 bits per heavy atom. The summed E-state index contributed by atoms with van der Waals surface area (Å²) in [5.41, 5.74) is 2.08. The van der Waals surface area contributed by atoms with Crippen molar-refractivity contribution in [2.75, 3.05) is 13.2 Å².